The second kappa shape index (κ2) is 10.6. The smallest absolute Gasteiger partial charge is 0.229 e. The fraction of sp³-hybridized carbons (Fsp3) is 0.583. The van der Waals surface area contributed by atoms with Gasteiger partial charge in [-0.05, 0) is 56.1 Å². The van der Waals surface area contributed by atoms with Crippen LogP contribution in [0.15, 0.2) is 36.5 Å². The molecule has 1 N–H and O–H groups in total. The molecule has 1 saturated carbocycles. The standard InChI is InChI=1S/C24H35N5O/c1-28-15-17-29(18-16-28)23-13-14-25-24(27-23)26-21-9-11-22(12-10-21)30-19-5-8-20-6-3-2-4-7-20/h9-14,20H,2-8,15-19H2,1H3,(H,25,26,27). The van der Waals surface area contributed by atoms with Crippen molar-refractivity contribution in [3.8, 4) is 5.75 Å². The van der Waals surface area contributed by atoms with E-state index in [-0.39, 0.29) is 0 Å². The van der Waals surface area contributed by atoms with Gasteiger partial charge in [-0.3, -0.25) is 0 Å². The lowest BCUT2D eigenvalue weighted by atomic mass is 9.86. The normalized spacial score (nSPS) is 18.4. The van der Waals surface area contributed by atoms with Crippen molar-refractivity contribution < 1.29 is 4.74 Å². The molecule has 4 rings (SSSR count). The van der Waals surface area contributed by atoms with Gasteiger partial charge in [0.15, 0.2) is 0 Å². The summed E-state index contributed by atoms with van der Waals surface area (Å²) in [5.74, 6) is 3.47. The monoisotopic (exact) mass is 409 g/mol. The highest BCUT2D eigenvalue weighted by Crippen LogP contribution is 2.27. The van der Waals surface area contributed by atoms with E-state index in [1.54, 1.807) is 0 Å². The molecule has 1 aromatic carbocycles. The molecule has 0 bridgehead atoms. The molecular formula is C24H35N5O. The van der Waals surface area contributed by atoms with E-state index < -0.39 is 0 Å². The van der Waals surface area contributed by atoms with Crippen LogP contribution in [0, 0.1) is 5.92 Å². The average Bonchev–Trinajstić information content (AvgIpc) is 2.79. The number of nitrogens with one attached hydrogen (secondary N) is 1. The summed E-state index contributed by atoms with van der Waals surface area (Å²) >= 11 is 0. The molecule has 2 aromatic rings. The molecule has 0 radical (unpaired) electrons. The minimum Gasteiger partial charge on any atom is -0.494 e. The number of benzene rings is 1. The maximum atomic E-state index is 5.94. The van der Waals surface area contributed by atoms with E-state index in [9.17, 15) is 0 Å². The molecule has 6 heteroatoms. The van der Waals surface area contributed by atoms with E-state index in [0.717, 1.165) is 62.4 Å². The Bertz CT molecular complexity index is 767. The average molecular weight is 410 g/mol. The summed E-state index contributed by atoms with van der Waals surface area (Å²) in [6.07, 6.45) is 11.4. The summed E-state index contributed by atoms with van der Waals surface area (Å²) in [4.78, 5) is 13.7. The number of rotatable bonds is 8. The minimum atomic E-state index is 0.632. The fourth-order valence-electron chi connectivity index (χ4n) is 4.42. The molecule has 1 aliphatic heterocycles. The molecule has 162 valence electrons. The second-order valence-electron chi connectivity index (χ2n) is 8.67. The third-order valence-corrected chi connectivity index (χ3v) is 6.33. The topological polar surface area (TPSA) is 53.5 Å². The first-order valence-corrected chi connectivity index (χ1v) is 11.5. The lowest BCUT2D eigenvalue weighted by molar-refractivity contribution is 0.269. The van der Waals surface area contributed by atoms with E-state index in [1.807, 2.05) is 36.5 Å². The van der Waals surface area contributed by atoms with E-state index >= 15 is 0 Å². The first-order chi connectivity index (χ1) is 14.8. The highest BCUT2D eigenvalue weighted by molar-refractivity contribution is 5.56. The number of nitrogens with zero attached hydrogens (tertiary/aromatic N) is 4. The van der Waals surface area contributed by atoms with Gasteiger partial charge < -0.3 is 19.9 Å². The zero-order valence-corrected chi connectivity index (χ0v) is 18.2. The summed E-state index contributed by atoms with van der Waals surface area (Å²) < 4.78 is 5.94. The van der Waals surface area contributed by atoms with Gasteiger partial charge in [-0.15, -0.1) is 0 Å². The number of hydrogen-bond acceptors (Lipinski definition) is 6. The van der Waals surface area contributed by atoms with Crippen LogP contribution in [0.2, 0.25) is 0 Å². The largest absolute Gasteiger partial charge is 0.494 e. The first kappa shape index (κ1) is 20.9. The Hall–Kier alpha value is -2.34. The predicted molar refractivity (Wildman–Crippen MR) is 123 cm³/mol. The Morgan fingerprint density at radius 2 is 1.77 bits per heavy atom. The van der Waals surface area contributed by atoms with Crippen LogP contribution in [-0.2, 0) is 0 Å². The van der Waals surface area contributed by atoms with Gasteiger partial charge in [0.1, 0.15) is 11.6 Å². The van der Waals surface area contributed by atoms with Crippen molar-refractivity contribution in [2.45, 2.75) is 44.9 Å². The van der Waals surface area contributed by atoms with Crippen LogP contribution in [0.1, 0.15) is 44.9 Å². The van der Waals surface area contributed by atoms with E-state index in [2.05, 4.69) is 27.1 Å². The Balaban J connectivity index is 1.24. The van der Waals surface area contributed by atoms with Crippen molar-refractivity contribution in [1.82, 2.24) is 14.9 Å². The van der Waals surface area contributed by atoms with Gasteiger partial charge in [0, 0.05) is 38.1 Å². The molecular weight excluding hydrogens is 374 g/mol. The number of ether oxygens (including phenoxy) is 1. The maximum absolute atomic E-state index is 5.94. The van der Waals surface area contributed by atoms with Gasteiger partial charge in [0.05, 0.1) is 6.61 Å². The van der Waals surface area contributed by atoms with Crippen LogP contribution in [0.5, 0.6) is 5.75 Å². The van der Waals surface area contributed by atoms with Crippen molar-refractivity contribution in [3.05, 3.63) is 36.5 Å². The van der Waals surface area contributed by atoms with Crippen LogP contribution in [0.3, 0.4) is 0 Å². The van der Waals surface area contributed by atoms with E-state index in [1.165, 1.54) is 38.5 Å². The van der Waals surface area contributed by atoms with Crippen molar-refractivity contribution in [1.29, 1.82) is 0 Å². The molecule has 0 unspecified atom stereocenters. The Morgan fingerprint density at radius 3 is 2.53 bits per heavy atom. The number of likely N-dealkylation sites (N-methyl/N-ethyl adjacent to an activating group) is 1. The van der Waals surface area contributed by atoms with Gasteiger partial charge in [-0.2, -0.15) is 4.98 Å². The van der Waals surface area contributed by atoms with Crippen LogP contribution in [0.25, 0.3) is 0 Å². The summed E-state index contributed by atoms with van der Waals surface area (Å²) in [7, 11) is 2.16. The highest BCUT2D eigenvalue weighted by Gasteiger charge is 2.16. The zero-order chi connectivity index (χ0) is 20.6. The SMILES string of the molecule is CN1CCN(c2ccnc(Nc3ccc(OCCCC4CCCCC4)cc3)n2)CC1. The van der Waals surface area contributed by atoms with E-state index in [4.69, 9.17) is 9.72 Å². The second-order valence-corrected chi connectivity index (χ2v) is 8.67. The molecule has 30 heavy (non-hydrogen) atoms. The van der Waals surface area contributed by atoms with Gasteiger partial charge in [0.25, 0.3) is 0 Å². The third-order valence-electron chi connectivity index (χ3n) is 6.33. The van der Waals surface area contributed by atoms with Crippen molar-refractivity contribution in [2.75, 3.05) is 50.1 Å². The summed E-state index contributed by atoms with van der Waals surface area (Å²) in [5, 5.41) is 3.31. The Labute approximate surface area is 180 Å². The molecule has 0 atom stereocenters. The molecule has 6 nitrogen and oxygen atoms in total. The molecule has 0 amide bonds. The van der Waals surface area contributed by atoms with Crippen LogP contribution in [-0.4, -0.2) is 54.7 Å². The third kappa shape index (κ3) is 6.08. The molecule has 0 spiro atoms. The predicted octanol–water partition coefficient (Wildman–Crippen LogP) is 4.71. The molecule has 2 fully saturated rings. The van der Waals surface area contributed by atoms with Crippen LogP contribution >= 0.6 is 0 Å². The number of anilines is 3. The van der Waals surface area contributed by atoms with Gasteiger partial charge in [0.2, 0.25) is 5.95 Å². The molecule has 2 heterocycles. The van der Waals surface area contributed by atoms with Crippen molar-refractivity contribution >= 4 is 17.5 Å². The zero-order valence-electron chi connectivity index (χ0n) is 18.2. The van der Waals surface area contributed by atoms with Gasteiger partial charge in [-0.1, -0.05) is 32.1 Å². The van der Waals surface area contributed by atoms with Crippen LogP contribution in [0.4, 0.5) is 17.5 Å². The summed E-state index contributed by atoms with van der Waals surface area (Å²) in [6.45, 7) is 4.93. The summed E-state index contributed by atoms with van der Waals surface area (Å²) in [5.41, 5.74) is 0.972. The summed E-state index contributed by atoms with van der Waals surface area (Å²) in [6, 6.07) is 10.1. The lowest BCUT2D eigenvalue weighted by Crippen LogP contribution is -2.44. The number of hydrogen-bond donors (Lipinski definition) is 1. The molecule has 2 aliphatic rings. The van der Waals surface area contributed by atoms with Crippen LogP contribution < -0.4 is 15.0 Å². The van der Waals surface area contributed by atoms with Crippen molar-refractivity contribution in [2.24, 2.45) is 5.92 Å². The number of aromatic nitrogens is 2. The van der Waals surface area contributed by atoms with Crippen molar-refractivity contribution in [3.63, 3.8) is 0 Å². The maximum Gasteiger partial charge on any atom is 0.229 e. The molecule has 1 saturated heterocycles. The lowest BCUT2D eigenvalue weighted by Gasteiger charge is -2.33. The number of piperazine rings is 1. The molecule has 1 aliphatic carbocycles. The Kier molecular flexibility index (Phi) is 7.40. The van der Waals surface area contributed by atoms with Gasteiger partial charge >= 0.3 is 0 Å². The van der Waals surface area contributed by atoms with E-state index in [0.29, 0.717) is 5.95 Å². The highest BCUT2D eigenvalue weighted by atomic mass is 16.5. The minimum absolute atomic E-state index is 0.632. The van der Waals surface area contributed by atoms with Gasteiger partial charge in [-0.25, -0.2) is 4.98 Å². The molecule has 1 aromatic heterocycles. The Morgan fingerprint density at radius 1 is 1.00 bits per heavy atom. The first-order valence-electron chi connectivity index (χ1n) is 11.5. The quantitative estimate of drug-likeness (QED) is 0.637. The fourth-order valence-corrected chi connectivity index (χ4v) is 4.42.